The predicted molar refractivity (Wildman–Crippen MR) is 106 cm³/mol. The molecule has 0 radical (unpaired) electrons. The molecule has 0 fully saturated rings. The van der Waals surface area contributed by atoms with E-state index in [1.54, 1.807) is 12.1 Å². The molecule has 3 rings (SSSR count). The molecule has 0 bridgehead atoms. The normalized spacial score (nSPS) is 14.9. The Morgan fingerprint density at radius 2 is 1.96 bits per heavy atom. The molecule has 0 spiro atoms. The first kappa shape index (κ1) is 18.4. The number of carbonyl (C=O) groups is 1. The van der Waals surface area contributed by atoms with E-state index in [2.05, 4.69) is 64.3 Å². The van der Waals surface area contributed by atoms with Crippen LogP contribution in [0, 0.1) is 0 Å². The monoisotopic (exact) mass is 420 g/mol. The van der Waals surface area contributed by atoms with Gasteiger partial charge in [-0.1, -0.05) is 51.8 Å². The largest absolute Gasteiger partial charge is 0.350 e. The van der Waals surface area contributed by atoms with Crippen molar-refractivity contribution in [3.05, 3.63) is 68.7 Å². The first-order valence-electron chi connectivity index (χ1n) is 8.42. The van der Waals surface area contributed by atoms with Crippen LogP contribution in [-0.2, 0) is 13.0 Å². The first-order chi connectivity index (χ1) is 11.9. The fourth-order valence-corrected chi connectivity index (χ4v) is 3.95. The number of nitrogens with one attached hydrogen (secondary N) is 1. The van der Waals surface area contributed by atoms with E-state index >= 15 is 0 Å². The van der Waals surface area contributed by atoms with Crippen molar-refractivity contribution in [3.8, 4) is 0 Å². The number of rotatable bonds is 4. The van der Waals surface area contributed by atoms with Crippen molar-refractivity contribution >= 4 is 33.4 Å². The van der Waals surface area contributed by atoms with Crippen LogP contribution in [-0.4, -0.2) is 29.4 Å². The number of carbonyl (C=O) groups excluding carboxylic acids is 1. The van der Waals surface area contributed by atoms with Crippen LogP contribution in [0.5, 0.6) is 0 Å². The maximum Gasteiger partial charge on any atom is 0.252 e. The minimum atomic E-state index is -0.136. The number of benzene rings is 2. The number of nitrogens with zero attached hydrogens (tertiary/aromatic N) is 1. The van der Waals surface area contributed by atoms with Crippen molar-refractivity contribution in [2.45, 2.75) is 32.4 Å². The quantitative estimate of drug-likeness (QED) is 0.778. The minimum Gasteiger partial charge on any atom is -0.350 e. The average Bonchev–Trinajstić information content (AvgIpc) is 2.59. The maximum absolute atomic E-state index is 12.5. The molecule has 1 amide bonds. The summed E-state index contributed by atoms with van der Waals surface area (Å²) in [4.78, 5) is 14.9. The van der Waals surface area contributed by atoms with Crippen LogP contribution in [0.1, 0.15) is 35.3 Å². The van der Waals surface area contributed by atoms with Gasteiger partial charge in [-0.3, -0.25) is 9.69 Å². The van der Waals surface area contributed by atoms with Crippen molar-refractivity contribution in [1.82, 2.24) is 10.2 Å². The zero-order valence-electron chi connectivity index (χ0n) is 14.5. The average molecular weight is 422 g/mol. The molecule has 0 saturated heterocycles. The highest BCUT2D eigenvalue weighted by Crippen LogP contribution is 2.25. The third-order valence-electron chi connectivity index (χ3n) is 4.84. The van der Waals surface area contributed by atoms with Gasteiger partial charge in [-0.05, 0) is 49.6 Å². The van der Waals surface area contributed by atoms with E-state index in [-0.39, 0.29) is 11.4 Å². The zero-order valence-corrected chi connectivity index (χ0v) is 16.8. The number of hydrogen-bond acceptors (Lipinski definition) is 2. The van der Waals surface area contributed by atoms with Crippen molar-refractivity contribution in [2.75, 3.05) is 13.1 Å². The summed E-state index contributed by atoms with van der Waals surface area (Å²) in [6.07, 6.45) is 1.05. The highest BCUT2D eigenvalue weighted by molar-refractivity contribution is 9.10. The van der Waals surface area contributed by atoms with Gasteiger partial charge >= 0.3 is 0 Å². The molecule has 1 aliphatic rings. The van der Waals surface area contributed by atoms with E-state index in [0.717, 1.165) is 24.0 Å². The summed E-state index contributed by atoms with van der Waals surface area (Å²) in [7, 11) is 0. The van der Waals surface area contributed by atoms with Gasteiger partial charge in [-0.15, -0.1) is 0 Å². The molecule has 2 aromatic carbocycles. The molecular formula is C20H22BrClN2O. The van der Waals surface area contributed by atoms with Gasteiger partial charge in [0.2, 0.25) is 0 Å². The molecule has 0 atom stereocenters. The summed E-state index contributed by atoms with van der Waals surface area (Å²) >= 11 is 9.54. The summed E-state index contributed by atoms with van der Waals surface area (Å²) < 4.78 is 0.862. The fourth-order valence-electron chi connectivity index (χ4n) is 3.19. The van der Waals surface area contributed by atoms with Gasteiger partial charge in [0.25, 0.3) is 5.91 Å². The van der Waals surface area contributed by atoms with Gasteiger partial charge in [0, 0.05) is 29.6 Å². The Hall–Kier alpha value is -1.36. The van der Waals surface area contributed by atoms with E-state index in [0.29, 0.717) is 17.1 Å². The lowest BCUT2D eigenvalue weighted by Gasteiger charge is -2.41. The van der Waals surface area contributed by atoms with Gasteiger partial charge in [0.1, 0.15) is 0 Å². The van der Waals surface area contributed by atoms with Crippen LogP contribution in [0.2, 0.25) is 5.02 Å². The molecule has 3 nitrogen and oxygen atoms in total. The lowest BCUT2D eigenvalue weighted by molar-refractivity contribution is 0.0826. The van der Waals surface area contributed by atoms with E-state index < -0.39 is 0 Å². The molecule has 2 aromatic rings. The molecule has 1 N–H and O–H groups in total. The lowest BCUT2D eigenvalue weighted by Crippen LogP contribution is -2.53. The van der Waals surface area contributed by atoms with Gasteiger partial charge in [0.05, 0.1) is 10.6 Å². The molecule has 0 unspecified atom stereocenters. The second-order valence-electron chi connectivity index (χ2n) is 7.06. The smallest absolute Gasteiger partial charge is 0.252 e. The Morgan fingerprint density at radius 3 is 2.68 bits per heavy atom. The van der Waals surface area contributed by atoms with Crippen LogP contribution in [0.25, 0.3) is 0 Å². The van der Waals surface area contributed by atoms with Crippen LogP contribution in [0.15, 0.2) is 46.9 Å². The molecule has 5 heteroatoms. The predicted octanol–water partition coefficient (Wildman–Crippen LogP) is 4.67. The Bertz CT molecular complexity index is 791. The van der Waals surface area contributed by atoms with Crippen molar-refractivity contribution in [1.29, 1.82) is 0 Å². The number of hydrogen-bond donors (Lipinski definition) is 1. The molecule has 0 aliphatic carbocycles. The highest BCUT2D eigenvalue weighted by atomic mass is 79.9. The molecule has 1 heterocycles. The molecule has 0 saturated carbocycles. The van der Waals surface area contributed by atoms with Crippen LogP contribution >= 0.6 is 27.5 Å². The minimum absolute atomic E-state index is 0.134. The maximum atomic E-state index is 12.5. The van der Waals surface area contributed by atoms with Crippen molar-refractivity contribution < 1.29 is 4.79 Å². The Morgan fingerprint density at radius 1 is 1.24 bits per heavy atom. The molecule has 132 valence electrons. The number of amides is 1. The SMILES string of the molecule is CC(C)(CNC(=O)c1ccc(Br)cc1Cl)N1CCc2ccccc2C1. The Balaban J connectivity index is 1.65. The zero-order chi connectivity index (χ0) is 18.0. The van der Waals surface area contributed by atoms with Gasteiger partial charge in [0.15, 0.2) is 0 Å². The van der Waals surface area contributed by atoms with Crippen molar-refractivity contribution in [3.63, 3.8) is 0 Å². The summed E-state index contributed by atoms with van der Waals surface area (Å²) in [5.74, 6) is -0.136. The Kier molecular flexibility index (Phi) is 5.52. The molecule has 0 aromatic heterocycles. The highest BCUT2D eigenvalue weighted by Gasteiger charge is 2.30. The summed E-state index contributed by atoms with van der Waals surface area (Å²) in [6, 6.07) is 13.9. The Labute approximate surface area is 162 Å². The van der Waals surface area contributed by atoms with Gasteiger partial charge in [-0.2, -0.15) is 0 Å². The summed E-state index contributed by atoms with van der Waals surface area (Å²) in [5, 5.41) is 3.50. The van der Waals surface area contributed by atoms with Crippen molar-refractivity contribution in [2.24, 2.45) is 0 Å². The number of halogens is 2. The molecule has 1 aliphatic heterocycles. The van der Waals surface area contributed by atoms with E-state index in [1.807, 2.05) is 6.07 Å². The third kappa shape index (κ3) is 4.25. The third-order valence-corrected chi connectivity index (χ3v) is 5.65. The van der Waals surface area contributed by atoms with E-state index in [4.69, 9.17) is 11.6 Å². The second-order valence-corrected chi connectivity index (χ2v) is 8.38. The second kappa shape index (κ2) is 7.48. The molecular weight excluding hydrogens is 400 g/mol. The fraction of sp³-hybridized carbons (Fsp3) is 0.350. The standard InChI is InChI=1S/C20H22BrClN2O/c1-20(2,24-10-9-14-5-3-4-6-15(14)12-24)13-23-19(25)17-8-7-16(21)11-18(17)22/h3-8,11H,9-10,12-13H2,1-2H3,(H,23,25). The van der Waals surface area contributed by atoms with E-state index in [9.17, 15) is 4.79 Å². The van der Waals surface area contributed by atoms with Gasteiger partial charge < -0.3 is 5.32 Å². The summed E-state index contributed by atoms with van der Waals surface area (Å²) in [6.45, 7) is 6.83. The topological polar surface area (TPSA) is 32.3 Å². The van der Waals surface area contributed by atoms with Crippen LogP contribution in [0.3, 0.4) is 0 Å². The van der Waals surface area contributed by atoms with Gasteiger partial charge in [-0.25, -0.2) is 0 Å². The number of fused-ring (bicyclic) bond motifs is 1. The van der Waals surface area contributed by atoms with E-state index in [1.165, 1.54) is 11.1 Å². The van der Waals surface area contributed by atoms with Crippen LogP contribution < -0.4 is 5.32 Å². The van der Waals surface area contributed by atoms with Crippen LogP contribution in [0.4, 0.5) is 0 Å². The molecule has 25 heavy (non-hydrogen) atoms. The first-order valence-corrected chi connectivity index (χ1v) is 9.59. The lowest BCUT2D eigenvalue weighted by atomic mass is 9.94. The summed E-state index contributed by atoms with van der Waals surface area (Å²) in [5.41, 5.74) is 3.18.